The number of para-hydroxylation sites is 1. The third-order valence-electron chi connectivity index (χ3n) is 2.75. The summed E-state index contributed by atoms with van der Waals surface area (Å²) in [4.78, 5) is 22.8. The first-order valence-corrected chi connectivity index (χ1v) is 6.32. The molecule has 1 heterocycles. The molecule has 0 unspecified atom stereocenters. The van der Waals surface area contributed by atoms with Crippen molar-refractivity contribution < 1.29 is 14.2 Å². The number of nitrogens with zero attached hydrogens (tertiary/aromatic N) is 2. The monoisotopic (exact) mass is 290 g/mol. The molecule has 1 amide bonds. The van der Waals surface area contributed by atoms with Crippen LogP contribution in [0.1, 0.15) is 23.0 Å². The van der Waals surface area contributed by atoms with Gasteiger partial charge in [-0.15, -0.1) is 0 Å². The standard InChI is InChI=1S/C13H14N4O4/c1-2-14-11-5-3-4-10(12(11)17(19)20)13(18)15-8-9-6-7-21-16-9/h3-7,14H,2,8H2,1H3,(H,15,18). The Hall–Kier alpha value is -2.90. The van der Waals surface area contributed by atoms with Gasteiger partial charge in [-0.3, -0.25) is 14.9 Å². The molecule has 2 aromatic rings. The van der Waals surface area contributed by atoms with Crippen LogP contribution in [0.4, 0.5) is 11.4 Å². The summed E-state index contributed by atoms with van der Waals surface area (Å²) in [6, 6.07) is 6.17. The molecule has 0 aliphatic heterocycles. The Morgan fingerprint density at radius 3 is 2.86 bits per heavy atom. The van der Waals surface area contributed by atoms with E-state index in [-0.39, 0.29) is 17.8 Å². The minimum absolute atomic E-state index is 0.00180. The number of benzene rings is 1. The third-order valence-corrected chi connectivity index (χ3v) is 2.75. The summed E-state index contributed by atoms with van der Waals surface area (Å²) in [6.45, 7) is 2.48. The lowest BCUT2D eigenvalue weighted by Crippen LogP contribution is -2.24. The zero-order valence-electron chi connectivity index (χ0n) is 11.3. The highest BCUT2D eigenvalue weighted by atomic mass is 16.6. The highest BCUT2D eigenvalue weighted by molar-refractivity contribution is 6.00. The van der Waals surface area contributed by atoms with Gasteiger partial charge in [0.25, 0.3) is 5.91 Å². The molecule has 0 saturated heterocycles. The minimum Gasteiger partial charge on any atom is -0.380 e. The van der Waals surface area contributed by atoms with Crippen molar-refractivity contribution in [3.05, 3.63) is 51.9 Å². The summed E-state index contributed by atoms with van der Waals surface area (Å²) < 4.78 is 4.65. The van der Waals surface area contributed by atoms with Gasteiger partial charge in [-0.05, 0) is 19.1 Å². The van der Waals surface area contributed by atoms with Crippen LogP contribution in [0.2, 0.25) is 0 Å². The molecule has 0 saturated carbocycles. The summed E-state index contributed by atoms with van der Waals surface area (Å²) >= 11 is 0. The van der Waals surface area contributed by atoms with Crippen LogP contribution in [0.5, 0.6) is 0 Å². The summed E-state index contributed by atoms with van der Waals surface area (Å²) in [7, 11) is 0. The predicted octanol–water partition coefficient (Wildman–Crippen LogP) is 1.94. The molecule has 2 N–H and O–H groups in total. The Balaban J connectivity index is 2.23. The van der Waals surface area contributed by atoms with Gasteiger partial charge < -0.3 is 15.2 Å². The molecule has 8 heteroatoms. The summed E-state index contributed by atoms with van der Waals surface area (Å²) in [6.07, 6.45) is 1.38. The predicted molar refractivity (Wildman–Crippen MR) is 74.9 cm³/mol. The van der Waals surface area contributed by atoms with Crippen LogP contribution in [0.15, 0.2) is 35.1 Å². The van der Waals surface area contributed by atoms with E-state index < -0.39 is 10.8 Å². The Bertz CT molecular complexity index is 640. The topological polar surface area (TPSA) is 110 Å². The molecule has 8 nitrogen and oxygen atoms in total. The lowest BCUT2D eigenvalue weighted by atomic mass is 10.1. The van der Waals surface area contributed by atoms with E-state index in [0.29, 0.717) is 17.9 Å². The number of carbonyl (C=O) groups excluding carboxylic acids is 1. The fourth-order valence-electron chi connectivity index (χ4n) is 1.85. The fourth-order valence-corrected chi connectivity index (χ4v) is 1.85. The van der Waals surface area contributed by atoms with Crippen molar-refractivity contribution in [3.8, 4) is 0 Å². The maximum absolute atomic E-state index is 12.1. The van der Waals surface area contributed by atoms with Crippen LogP contribution in [0, 0.1) is 10.1 Å². The summed E-state index contributed by atoms with van der Waals surface area (Å²) in [5.74, 6) is -0.538. The van der Waals surface area contributed by atoms with E-state index in [1.54, 1.807) is 18.2 Å². The van der Waals surface area contributed by atoms with Crippen molar-refractivity contribution in [3.63, 3.8) is 0 Å². The Morgan fingerprint density at radius 1 is 1.43 bits per heavy atom. The zero-order chi connectivity index (χ0) is 15.2. The number of nitrogens with one attached hydrogen (secondary N) is 2. The van der Waals surface area contributed by atoms with Crippen molar-refractivity contribution in [2.45, 2.75) is 13.5 Å². The molecule has 0 spiro atoms. The number of nitro benzene ring substituents is 1. The summed E-state index contributed by atoms with van der Waals surface area (Å²) in [5, 5.41) is 20.3. The molecule has 0 fully saturated rings. The number of carbonyl (C=O) groups is 1. The first-order chi connectivity index (χ1) is 10.1. The smallest absolute Gasteiger partial charge is 0.305 e. The molecule has 1 aromatic heterocycles. The number of hydrogen-bond acceptors (Lipinski definition) is 6. The Labute approximate surface area is 120 Å². The van der Waals surface area contributed by atoms with E-state index in [2.05, 4.69) is 20.3 Å². The average Bonchev–Trinajstić information content (AvgIpc) is 2.98. The van der Waals surface area contributed by atoms with Gasteiger partial charge >= 0.3 is 5.69 Å². The van der Waals surface area contributed by atoms with E-state index in [1.807, 2.05) is 6.92 Å². The summed E-state index contributed by atoms with van der Waals surface area (Å²) in [5.41, 5.74) is 0.615. The van der Waals surface area contributed by atoms with Gasteiger partial charge in [0.2, 0.25) is 0 Å². The molecule has 110 valence electrons. The van der Waals surface area contributed by atoms with Gasteiger partial charge in [0.05, 0.1) is 11.5 Å². The molecule has 0 aliphatic carbocycles. The van der Waals surface area contributed by atoms with Gasteiger partial charge in [-0.2, -0.15) is 0 Å². The quantitative estimate of drug-likeness (QED) is 0.621. The molecule has 21 heavy (non-hydrogen) atoms. The maximum atomic E-state index is 12.1. The van der Waals surface area contributed by atoms with Crippen LogP contribution in [0.3, 0.4) is 0 Å². The van der Waals surface area contributed by atoms with Crippen molar-refractivity contribution in [2.75, 3.05) is 11.9 Å². The van der Waals surface area contributed by atoms with Crippen molar-refractivity contribution in [1.82, 2.24) is 10.5 Å². The average molecular weight is 290 g/mol. The SMILES string of the molecule is CCNc1cccc(C(=O)NCc2ccon2)c1[N+](=O)[O-]. The second-order valence-corrected chi connectivity index (χ2v) is 4.16. The van der Waals surface area contributed by atoms with Gasteiger partial charge in [0.15, 0.2) is 0 Å². The lowest BCUT2D eigenvalue weighted by Gasteiger charge is -2.08. The number of nitro groups is 1. The maximum Gasteiger partial charge on any atom is 0.305 e. The molecule has 1 aromatic carbocycles. The highest BCUT2D eigenvalue weighted by Crippen LogP contribution is 2.28. The van der Waals surface area contributed by atoms with Crippen molar-refractivity contribution in [2.24, 2.45) is 0 Å². The first-order valence-electron chi connectivity index (χ1n) is 6.32. The van der Waals surface area contributed by atoms with Gasteiger partial charge in [-0.1, -0.05) is 11.2 Å². The Morgan fingerprint density at radius 2 is 2.24 bits per heavy atom. The lowest BCUT2D eigenvalue weighted by molar-refractivity contribution is -0.384. The van der Waals surface area contributed by atoms with Gasteiger partial charge in [0.1, 0.15) is 23.2 Å². The van der Waals surface area contributed by atoms with Crippen LogP contribution >= 0.6 is 0 Å². The fraction of sp³-hybridized carbons (Fsp3) is 0.231. The van der Waals surface area contributed by atoms with Crippen molar-refractivity contribution >= 4 is 17.3 Å². The van der Waals surface area contributed by atoms with Crippen LogP contribution in [-0.4, -0.2) is 22.5 Å². The number of aromatic nitrogens is 1. The number of amides is 1. The highest BCUT2D eigenvalue weighted by Gasteiger charge is 2.24. The van der Waals surface area contributed by atoms with E-state index in [4.69, 9.17) is 0 Å². The van der Waals surface area contributed by atoms with Crippen LogP contribution < -0.4 is 10.6 Å². The molecule has 0 atom stereocenters. The molecular formula is C13H14N4O4. The van der Waals surface area contributed by atoms with Gasteiger partial charge in [-0.25, -0.2) is 0 Å². The van der Waals surface area contributed by atoms with E-state index >= 15 is 0 Å². The minimum atomic E-state index is -0.566. The molecule has 0 bridgehead atoms. The third kappa shape index (κ3) is 3.35. The first kappa shape index (κ1) is 14.5. The molecular weight excluding hydrogens is 276 g/mol. The van der Waals surface area contributed by atoms with Gasteiger partial charge in [0, 0.05) is 12.6 Å². The van der Waals surface area contributed by atoms with E-state index in [9.17, 15) is 14.9 Å². The Kier molecular flexibility index (Phi) is 4.50. The number of hydrogen-bond donors (Lipinski definition) is 2. The second-order valence-electron chi connectivity index (χ2n) is 4.16. The molecule has 0 radical (unpaired) electrons. The largest absolute Gasteiger partial charge is 0.380 e. The van der Waals surface area contributed by atoms with E-state index in [0.717, 1.165) is 0 Å². The van der Waals surface area contributed by atoms with Crippen LogP contribution in [-0.2, 0) is 6.54 Å². The van der Waals surface area contributed by atoms with Crippen molar-refractivity contribution in [1.29, 1.82) is 0 Å². The van der Waals surface area contributed by atoms with E-state index in [1.165, 1.54) is 12.3 Å². The van der Waals surface area contributed by atoms with Crippen LogP contribution in [0.25, 0.3) is 0 Å². The molecule has 2 rings (SSSR count). The zero-order valence-corrected chi connectivity index (χ0v) is 11.3. The molecule has 0 aliphatic rings. The normalized spacial score (nSPS) is 10.1. The number of anilines is 1. The second kappa shape index (κ2) is 6.51. The number of rotatable bonds is 6.